The number of para-hydroxylation sites is 1. The third-order valence-corrected chi connectivity index (χ3v) is 3.00. The summed E-state index contributed by atoms with van der Waals surface area (Å²) in [5.74, 6) is 0.976. The van der Waals surface area contributed by atoms with Crippen LogP contribution in [0.5, 0.6) is 5.75 Å². The summed E-state index contributed by atoms with van der Waals surface area (Å²) >= 11 is 0. The van der Waals surface area contributed by atoms with E-state index in [4.69, 9.17) is 4.74 Å². The Morgan fingerprint density at radius 2 is 1.87 bits per heavy atom. The minimum Gasteiger partial charge on any atom is -0.492 e. The molecular formula is C13H19NO. The van der Waals surface area contributed by atoms with Crippen molar-refractivity contribution in [3.8, 4) is 5.75 Å². The predicted molar refractivity (Wildman–Crippen MR) is 62.2 cm³/mol. The summed E-state index contributed by atoms with van der Waals surface area (Å²) < 4.78 is 5.74. The highest BCUT2D eigenvalue weighted by molar-refractivity contribution is 5.20. The van der Waals surface area contributed by atoms with Crippen molar-refractivity contribution >= 4 is 0 Å². The van der Waals surface area contributed by atoms with Gasteiger partial charge in [0.05, 0.1) is 0 Å². The fourth-order valence-corrected chi connectivity index (χ4v) is 2.02. The summed E-state index contributed by atoms with van der Waals surface area (Å²) in [6.07, 6.45) is 2.69. The van der Waals surface area contributed by atoms with E-state index in [0.29, 0.717) is 6.04 Å². The molecule has 0 bridgehead atoms. The quantitative estimate of drug-likeness (QED) is 0.749. The number of hydrogen-bond acceptors (Lipinski definition) is 2. The number of hydrogen-bond donors (Lipinski definition) is 0. The van der Waals surface area contributed by atoms with Crippen LogP contribution in [0.4, 0.5) is 0 Å². The lowest BCUT2D eigenvalue weighted by molar-refractivity contribution is 0.172. The summed E-state index contributed by atoms with van der Waals surface area (Å²) in [7, 11) is 0. The average molecular weight is 205 g/mol. The Kier molecular flexibility index (Phi) is 3.62. The molecule has 82 valence electrons. The molecule has 1 atom stereocenters. The van der Waals surface area contributed by atoms with Crippen LogP contribution >= 0.6 is 0 Å². The van der Waals surface area contributed by atoms with Crippen LogP contribution in [0, 0.1) is 0 Å². The van der Waals surface area contributed by atoms with Gasteiger partial charge >= 0.3 is 0 Å². The maximum Gasteiger partial charge on any atom is 0.119 e. The molecule has 0 spiro atoms. The lowest BCUT2D eigenvalue weighted by atomic mass is 10.3. The fourth-order valence-electron chi connectivity index (χ4n) is 2.02. The van der Waals surface area contributed by atoms with Crippen molar-refractivity contribution in [1.82, 2.24) is 4.90 Å². The SMILES string of the molecule is C[C@@H](COc1ccccc1)N1CCCC1. The first-order valence-corrected chi connectivity index (χ1v) is 5.78. The van der Waals surface area contributed by atoms with Crippen molar-refractivity contribution in [2.45, 2.75) is 25.8 Å². The van der Waals surface area contributed by atoms with E-state index in [-0.39, 0.29) is 0 Å². The summed E-state index contributed by atoms with van der Waals surface area (Å²) in [6.45, 7) is 5.51. The molecule has 1 saturated heterocycles. The molecule has 0 amide bonds. The second-order valence-electron chi connectivity index (χ2n) is 4.22. The molecule has 1 aliphatic rings. The fraction of sp³-hybridized carbons (Fsp3) is 0.538. The number of ether oxygens (including phenoxy) is 1. The van der Waals surface area contributed by atoms with Gasteiger partial charge in [0.2, 0.25) is 0 Å². The molecule has 1 heterocycles. The Labute approximate surface area is 91.9 Å². The Bertz CT molecular complexity index is 280. The Hall–Kier alpha value is -1.02. The van der Waals surface area contributed by atoms with Gasteiger partial charge in [0.1, 0.15) is 12.4 Å². The van der Waals surface area contributed by atoms with Gasteiger partial charge in [-0.3, -0.25) is 4.90 Å². The molecule has 2 heteroatoms. The first-order valence-electron chi connectivity index (χ1n) is 5.78. The highest BCUT2D eigenvalue weighted by Crippen LogP contribution is 2.14. The molecule has 0 N–H and O–H groups in total. The molecule has 1 fully saturated rings. The minimum atomic E-state index is 0.535. The second kappa shape index (κ2) is 5.17. The second-order valence-corrected chi connectivity index (χ2v) is 4.22. The lowest BCUT2D eigenvalue weighted by Gasteiger charge is -2.23. The van der Waals surface area contributed by atoms with Gasteiger partial charge in [-0.2, -0.15) is 0 Å². The normalized spacial score (nSPS) is 19.0. The maximum atomic E-state index is 5.74. The molecule has 0 radical (unpaired) electrons. The van der Waals surface area contributed by atoms with E-state index in [0.717, 1.165) is 12.4 Å². The summed E-state index contributed by atoms with van der Waals surface area (Å²) in [5.41, 5.74) is 0. The summed E-state index contributed by atoms with van der Waals surface area (Å²) in [5, 5.41) is 0. The van der Waals surface area contributed by atoms with E-state index in [2.05, 4.69) is 11.8 Å². The summed E-state index contributed by atoms with van der Waals surface area (Å²) in [6, 6.07) is 10.6. The number of nitrogens with zero attached hydrogens (tertiary/aromatic N) is 1. The van der Waals surface area contributed by atoms with E-state index in [1.165, 1.54) is 25.9 Å². The highest BCUT2D eigenvalue weighted by atomic mass is 16.5. The molecule has 2 nitrogen and oxygen atoms in total. The zero-order chi connectivity index (χ0) is 10.5. The van der Waals surface area contributed by atoms with E-state index < -0.39 is 0 Å². The molecule has 0 aromatic heterocycles. The third kappa shape index (κ3) is 2.96. The summed E-state index contributed by atoms with van der Waals surface area (Å²) in [4.78, 5) is 2.50. The molecular weight excluding hydrogens is 186 g/mol. The van der Waals surface area contributed by atoms with Crippen molar-refractivity contribution < 1.29 is 4.74 Å². The van der Waals surface area contributed by atoms with Crippen molar-refractivity contribution in [3.05, 3.63) is 30.3 Å². The number of likely N-dealkylation sites (tertiary alicyclic amines) is 1. The molecule has 15 heavy (non-hydrogen) atoms. The zero-order valence-corrected chi connectivity index (χ0v) is 9.36. The standard InChI is InChI=1S/C13H19NO/c1-12(14-9-5-6-10-14)11-15-13-7-3-2-4-8-13/h2-4,7-8,12H,5-6,9-11H2,1H3/t12-/m0/s1. The van der Waals surface area contributed by atoms with Gasteiger partial charge in [0, 0.05) is 6.04 Å². The van der Waals surface area contributed by atoms with Gasteiger partial charge in [0.15, 0.2) is 0 Å². The van der Waals surface area contributed by atoms with Gasteiger partial charge in [-0.05, 0) is 45.0 Å². The lowest BCUT2D eigenvalue weighted by Crippen LogP contribution is -2.34. The number of benzene rings is 1. The monoisotopic (exact) mass is 205 g/mol. The van der Waals surface area contributed by atoms with Crippen LogP contribution in [0.1, 0.15) is 19.8 Å². The average Bonchev–Trinajstić information content (AvgIpc) is 2.81. The number of rotatable bonds is 4. The predicted octanol–water partition coefficient (Wildman–Crippen LogP) is 2.55. The van der Waals surface area contributed by atoms with Crippen molar-refractivity contribution in [1.29, 1.82) is 0 Å². The topological polar surface area (TPSA) is 12.5 Å². The van der Waals surface area contributed by atoms with E-state index in [9.17, 15) is 0 Å². The molecule has 2 rings (SSSR count). The van der Waals surface area contributed by atoms with Gasteiger partial charge in [-0.15, -0.1) is 0 Å². The van der Waals surface area contributed by atoms with E-state index in [1.807, 2.05) is 30.3 Å². The van der Waals surface area contributed by atoms with Gasteiger partial charge in [-0.1, -0.05) is 18.2 Å². The smallest absolute Gasteiger partial charge is 0.119 e. The maximum absolute atomic E-state index is 5.74. The van der Waals surface area contributed by atoms with Crippen LogP contribution in [0.25, 0.3) is 0 Å². The van der Waals surface area contributed by atoms with Crippen molar-refractivity contribution in [2.75, 3.05) is 19.7 Å². The van der Waals surface area contributed by atoms with Crippen LogP contribution in [0.2, 0.25) is 0 Å². The third-order valence-electron chi connectivity index (χ3n) is 3.00. The zero-order valence-electron chi connectivity index (χ0n) is 9.36. The van der Waals surface area contributed by atoms with Gasteiger partial charge < -0.3 is 4.74 Å². The van der Waals surface area contributed by atoms with Crippen molar-refractivity contribution in [2.24, 2.45) is 0 Å². The van der Waals surface area contributed by atoms with Crippen LogP contribution in [0.3, 0.4) is 0 Å². The Balaban J connectivity index is 1.77. The molecule has 0 unspecified atom stereocenters. The molecule has 1 aromatic carbocycles. The van der Waals surface area contributed by atoms with E-state index >= 15 is 0 Å². The highest BCUT2D eigenvalue weighted by Gasteiger charge is 2.18. The molecule has 1 aliphatic heterocycles. The van der Waals surface area contributed by atoms with Gasteiger partial charge in [-0.25, -0.2) is 0 Å². The molecule has 0 saturated carbocycles. The molecule has 1 aromatic rings. The largest absolute Gasteiger partial charge is 0.492 e. The Morgan fingerprint density at radius 1 is 1.20 bits per heavy atom. The van der Waals surface area contributed by atoms with E-state index in [1.54, 1.807) is 0 Å². The minimum absolute atomic E-state index is 0.535. The first-order chi connectivity index (χ1) is 7.36. The van der Waals surface area contributed by atoms with Gasteiger partial charge in [0.25, 0.3) is 0 Å². The van der Waals surface area contributed by atoms with Crippen LogP contribution in [-0.2, 0) is 0 Å². The Morgan fingerprint density at radius 3 is 2.53 bits per heavy atom. The first kappa shape index (κ1) is 10.5. The van der Waals surface area contributed by atoms with Crippen molar-refractivity contribution in [3.63, 3.8) is 0 Å². The van der Waals surface area contributed by atoms with Crippen LogP contribution < -0.4 is 4.74 Å². The van der Waals surface area contributed by atoms with Crippen LogP contribution in [0.15, 0.2) is 30.3 Å². The molecule has 0 aliphatic carbocycles. The van der Waals surface area contributed by atoms with Crippen LogP contribution in [-0.4, -0.2) is 30.6 Å².